The number of fused-ring (bicyclic) bond motifs is 4. The van der Waals surface area contributed by atoms with Gasteiger partial charge in [-0.2, -0.15) is 19.9 Å². The van der Waals surface area contributed by atoms with Gasteiger partial charge < -0.3 is 40.5 Å². The third-order valence-corrected chi connectivity index (χ3v) is 40.3. The molecule has 4 fully saturated rings. The fourth-order valence-corrected chi connectivity index (χ4v) is 36.5. The highest BCUT2D eigenvalue weighted by atomic mass is 35.5. The van der Waals surface area contributed by atoms with Crippen molar-refractivity contribution in [1.82, 2.24) is 39.0 Å². The van der Waals surface area contributed by atoms with Crippen LogP contribution in [0.15, 0.2) is 12.7 Å². The number of nitrogens with zero attached hydrogens (tertiary/aromatic N) is 8. The van der Waals surface area contributed by atoms with Crippen LogP contribution in [0.25, 0.3) is 22.3 Å². The number of aliphatic hydroxyl groups is 1. The molecule has 0 unspecified atom stereocenters. The number of hydrogen-bond donors (Lipinski definition) is 3. The molecule has 0 aromatic carbocycles. The van der Waals surface area contributed by atoms with Crippen molar-refractivity contribution in [2.24, 2.45) is 11.8 Å². The summed E-state index contributed by atoms with van der Waals surface area (Å²) in [4.78, 5) is 51.5. The Morgan fingerprint density at radius 3 is 1.25 bits per heavy atom. The normalized spacial score (nSPS) is 26.4. The lowest BCUT2D eigenvalue weighted by Gasteiger charge is -2.51. The van der Waals surface area contributed by atoms with E-state index in [0.29, 0.717) is 5.52 Å². The molecular formula is C62H103Cl2FN10O11Si6. The Kier molecular flexibility index (Phi) is 23.3. The average molecular weight is 1420 g/mol. The first kappa shape index (κ1) is 76.0. The highest BCUT2D eigenvalue weighted by Crippen LogP contribution is 2.54. The zero-order valence-corrected chi connectivity index (χ0v) is 66.6. The van der Waals surface area contributed by atoms with Crippen molar-refractivity contribution in [3.8, 4) is 22.9 Å². The molecule has 4 aromatic heterocycles. The quantitative estimate of drug-likeness (QED) is 0.0604. The molecule has 92 heavy (non-hydrogen) atoms. The maximum Gasteiger partial charge on any atom is 0.335 e. The summed E-state index contributed by atoms with van der Waals surface area (Å²) in [5.41, 5.74) is 4.11. The van der Waals surface area contributed by atoms with Gasteiger partial charge in [0.1, 0.15) is 51.6 Å². The standard InChI is InChI=1S/C31H51ClFN5O5Si3.C31H52ClN5O6Si3/c1-18(2)28(39)37-30-35-26(32)24-27(36-30)38(17-34-24)29-31(33,14-15-44(11,12)13)25-23(41-29)16-40-45(19(3)4,20(5)6)43-46(42-25,21(7)8)22(9)10;1-18(2)28(38)36-30-34-26(32)24-27(35-30)37(17-33-24)29-31(39,14-15-44(11,12)13)25-23(41-29)16-40-45(19(3)4,20(5)6)43-46(42-25,21(7)8)22(9)10/h17-23,25,29H,16H2,1-13H3,(H,35,36,37,39);17-23,25,29,39H,16H2,1-13H3,(H,34,35,36,38)/t23-,25-,29-,31-;23-,25-,29-,31+/m11/s1. The molecular weight excluding hydrogens is 1320 g/mol. The summed E-state index contributed by atoms with van der Waals surface area (Å²) < 4.78 is 77.8. The van der Waals surface area contributed by atoms with Crippen LogP contribution in [0.2, 0.25) is 93.9 Å². The van der Waals surface area contributed by atoms with Crippen molar-refractivity contribution in [1.29, 1.82) is 0 Å². The van der Waals surface area contributed by atoms with E-state index in [1.54, 1.807) is 32.3 Å². The van der Waals surface area contributed by atoms with Crippen LogP contribution in [-0.4, -0.2) is 155 Å². The highest BCUT2D eigenvalue weighted by molar-refractivity contribution is 6.85. The van der Waals surface area contributed by atoms with Crippen LogP contribution in [0.5, 0.6) is 0 Å². The average Bonchev–Trinajstić information content (AvgIpc) is 1.54. The van der Waals surface area contributed by atoms with Crippen molar-refractivity contribution in [3.05, 3.63) is 23.0 Å². The van der Waals surface area contributed by atoms with E-state index < -0.39 is 98.5 Å². The minimum Gasteiger partial charge on any atom is -0.414 e. The third kappa shape index (κ3) is 14.9. The van der Waals surface area contributed by atoms with Gasteiger partial charge in [-0.1, -0.05) is 213 Å². The van der Waals surface area contributed by atoms with Gasteiger partial charge in [0.2, 0.25) is 29.4 Å². The zero-order chi connectivity index (χ0) is 69.1. The van der Waals surface area contributed by atoms with Crippen LogP contribution in [0.4, 0.5) is 16.3 Å². The van der Waals surface area contributed by atoms with Crippen molar-refractivity contribution in [3.63, 3.8) is 0 Å². The Balaban J connectivity index is 0.000000261. The first-order chi connectivity index (χ1) is 42.4. The Bertz CT molecular complexity index is 3200. The molecule has 0 spiro atoms. The van der Waals surface area contributed by atoms with Gasteiger partial charge in [-0.05, 0) is 44.3 Å². The molecule has 8 heterocycles. The molecule has 512 valence electrons. The monoisotopic (exact) mass is 1420 g/mol. The van der Waals surface area contributed by atoms with Gasteiger partial charge in [0.15, 0.2) is 39.7 Å². The van der Waals surface area contributed by atoms with Crippen LogP contribution in [-0.2, 0) is 45.0 Å². The predicted molar refractivity (Wildman–Crippen MR) is 374 cm³/mol. The minimum atomic E-state index is -3.20. The number of rotatable bonds is 14. The smallest absolute Gasteiger partial charge is 0.335 e. The topological polar surface area (TPSA) is 239 Å². The number of alkyl halides is 1. The summed E-state index contributed by atoms with van der Waals surface area (Å²) in [6, 6.07) is 0. The fraction of sp³-hybridized carbons (Fsp3) is 0.742. The highest BCUT2D eigenvalue weighted by Gasteiger charge is 2.68. The maximum atomic E-state index is 18.3. The van der Waals surface area contributed by atoms with E-state index in [1.807, 2.05) is 0 Å². The number of carbonyl (C=O) groups excluding carboxylic acids is 2. The second-order valence-electron chi connectivity index (χ2n) is 30.3. The van der Waals surface area contributed by atoms with Crippen molar-refractivity contribution < 1.29 is 54.5 Å². The number of halogens is 3. The number of amides is 2. The van der Waals surface area contributed by atoms with Crippen molar-refractivity contribution in [2.45, 2.75) is 270 Å². The number of imidazole rings is 2. The van der Waals surface area contributed by atoms with E-state index in [4.69, 9.17) is 58.6 Å². The van der Waals surface area contributed by atoms with E-state index in [9.17, 15) is 14.7 Å². The summed E-state index contributed by atoms with van der Waals surface area (Å²) in [5, 5.41) is 18.4. The second-order valence-corrected chi connectivity index (χ2v) is 58.2. The summed E-state index contributed by atoms with van der Waals surface area (Å²) in [6.45, 7) is 54.0. The van der Waals surface area contributed by atoms with E-state index in [2.05, 4.69) is 214 Å². The molecule has 4 saturated heterocycles. The number of ether oxygens (including phenoxy) is 2. The molecule has 21 nitrogen and oxygen atoms in total. The first-order valence-corrected chi connectivity index (χ1v) is 48.3. The molecule has 0 radical (unpaired) electrons. The van der Waals surface area contributed by atoms with Gasteiger partial charge in [0.05, 0.1) is 25.9 Å². The van der Waals surface area contributed by atoms with Crippen LogP contribution in [0, 0.1) is 34.8 Å². The van der Waals surface area contributed by atoms with E-state index in [1.165, 1.54) is 17.2 Å². The van der Waals surface area contributed by atoms with Crippen molar-refractivity contribution >= 4 is 120 Å². The van der Waals surface area contributed by atoms with Crippen LogP contribution < -0.4 is 10.6 Å². The molecule has 3 N–H and O–H groups in total. The largest absolute Gasteiger partial charge is 0.414 e. The van der Waals surface area contributed by atoms with Crippen molar-refractivity contribution in [2.75, 3.05) is 23.8 Å². The number of nitrogens with one attached hydrogen (secondary N) is 2. The van der Waals surface area contributed by atoms with E-state index in [-0.39, 0.29) is 120 Å². The lowest BCUT2D eigenvalue weighted by Crippen LogP contribution is -2.67. The van der Waals surface area contributed by atoms with E-state index >= 15 is 4.39 Å². The van der Waals surface area contributed by atoms with Gasteiger partial charge in [-0.3, -0.25) is 29.4 Å². The minimum absolute atomic E-state index is 0.0109. The Morgan fingerprint density at radius 2 is 0.891 bits per heavy atom. The first-order valence-electron chi connectivity index (χ1n) is 32.6. The third-order valence-electron chi connectivity index (χ3n) is 17.6. The number of anilines is 2. The second kappa shape index (κ2) is 28.2. The molecule has 30 heteroatoms. The molecule has 0 aliphatic carbocycles. The Labute approximate surface area is 561 Å². The summed E-state index contributed by atoms with van der Waals surface area (Å²) in [7, 11) is -16.2. The van der Waals surface area contributed by atoms with Gasteiger partial charge in [-0.25, -0.2) is 14.4 Å². The zero-order valence-electron chi connectivity index (χ0n) is 59.0. The SMILES string of the molecule is CC(C)C(=O)Nc1nc(Cl)c2ncn([C@@H]3O[C@@H]4CO[Si](C(C)C)(C(C)C)O[Si](C(C)C)(C(C)C)O[C@H]4[C@@]3(O)C#C[Si](C)(C)C)c2n1.CC(C)C(=O)Nc1nc(Cl)c2ncn([C@@H]3O[C@@H]4CO[Si](C(C)C)(C(C)C)O[Si](C(C)C)(C(C)C)O[C@H]4[C@]3(F)C#C[Si](C)(C)C)c2n1. The van der Waals surface area contributed by atoms with Gasteiger partial charge in [0.25, 0.3) is 0 Å². The lowest BCUT2D eigenvalue weighted by molar-refractivity contribution is -0.119. The predicted octanol–water partition coefficient (Wildman–Crippen LogP) is 14.1. The molecule has 0 bridgehead atoms. The number of carbonyl (C=O) groups is 2. The molecule has 8 atom stereocenters. The lowest BCUT2D eigenvalue weighted by atomic mass is 9.95. The Hall–Kier alpha value is -3.39. The number of hydrogen-bond acceptors (Lipinski definition) is 17. The summed E-state index contributed by atoms with van der Waals surface area (Å²) in [5.74, 6) is 5.15. The summed E-state index contributed by atoms with van der Waals surface area (Å²) in [6.07, 6.45) is -2.91. The van der Waals surface area contributed by atoms with Gasteiger partial charge in [-0.15, -0.1) is 11.1 Å². The Morgan fingerprint density at radius 1 is 0.554 bits per heavy atom. The molecule has 8 rings (SSSR count). The molecule has 4 aliphatic rings. The van der Waals surface area contributed by atoms with Crippen LogP contribution in [0.1, 0.15) is 151 Å². The fourth-order valence-electron chi connectivity index (χ4n) is 12.5. The molecule has 4 aliphatic heterocycles. The van der Waals surface area contributed by atoms with Crippen LogP contribution >= 0.6 is 23.2 Å². The van der Waals surface area contributed by atoms with Gasteiger partial charge >= 0.3 is 34.2 Å². The molecule has 2 amide bonds. The maximum absolute atomic E-state index is 18.3. The number of aromatic nitrogens is 8. The summed E-state index contributed by atoms with van der Waals surface area (Å²) >= 11 is 13.1. The van der Waals surface area contributed by atoms with E-state index in [0.717, 1.165) is 0 Å². The van der Waals surface area contributed by atoms with Gasteiger partial charge in [0, 0.05) is 11.8 Å². The van der Waals surface area contributed by atoms with Crippen LogP contribution in [0.3, 0.4) is 0 Å². The molecule has 0 saturated carbocycles. The molecule has 4 aromatic rings.